The average molecular weight is 609 g/mol. The first-order chi connectivity index (χ1) is 21.6. The molecule has 0 spiro atoms. The second-order valence-corrected chi connectivity index (χ2v) is 11.3. The van der Waals surface area contributed by atoms with Gasteiger partial charge >= 0.3 is 11.9 Å². The number of carbonyl (C=O) groups excluding carboxylic acids is 1. The van der Waals surface area contributed by atoms with Gasteiger partial charge in [0.05, 0.1) is 0 Å². The number of carboxylic acids is 1. The van der Waals surface area contributed by atoms with Crippen molar-refractivity contribution < 1.29 is 19.4 Å². The molecule has 0 heterocycles. The van der Waals surface area contributed by atoms with E-state index in [0.29, 0.717) is 19.3 Å². The SMILES string of the molecule is CC/C=C\C/C=C\C/C=C\C/C=C\C/C=C\C/C=C\CCC(=O)OC(/C=C\CCCCCCCC)CCCCCCC(=O)O. The lowest BCUT2D eigenvalue weighted by Gasteiger charge is -2.14. The molecule has 4 heteroatoms. The Labute approximate surface area is 270 Å². The van der Waals surface area contributed by atoms with Crippen LogP contribution < -0.4 is 0 Å². The van der Waals surface area contributed by atoms with Gasteiger partial charge < -0.3 is 9.84 Å². The van der Waals surface area contributed by atoms with Crippen molar-refractivity contribution in [2.45, 2.75) is 155 Å². The van der Waals surface area contributed by atoms with E-state index in [-0.39, 0.29) is 18.5 Å². The number of unbranched alkanes of at least 4 members (excludes halogenated alkanes) is 9. The molecule has 0 bridgehead atoms. The van der Waals surface area contributed by atoms with Gasteiger partial charge in [0.25, 0.3) is 0 Å². The van der Waals surface area contributed by atoms with Crippen LogP contribution in [0, 0.1) is 0 Å². The maximum Gasteiger partial charge on any atom is 0.306 e. The highest BCUT2D eigenvalue weighted by Crippen LogP contribution is 2.14. The Balaban J connectivity index is 4.20. The highest BCUT2D eigenvalue weighted by Gasteiger charge is 2.11. The monoisotopic (exact) mass is 608 g/mol. The zero-order chi connectivity index (χ0) is 32.2. The fourth-order valence-electron chi connectivity index (χ4n) is 4.53. The standard InChI is InChI=1S/C40H64O4/c1-3-5-7-9-11-13-14-15-16-17-18-19-20-21-22-23-25-27-33-37-40(43)44-38(35-31-28-29-32-36-39(41)42)34-30-26-24-12-10-8-6-4-2/h5,7,11,13,15-16,18-19,21-22,25,27,30,34,38H,3-4,6,8-10,12,14,17,20,23-24,26,28-29,31-33,35-37H2,1-2H3,(H,41,42)/b7-5-,13-11-,16-15-,19-18-,22-21-,27-25-,34-30-. The Morgan fingerprint density at radius 2 is 1.05 bits per heavy atom. The van der Waals surface area contributed by atoms with Crippen LogP contribution in [0.2, 0.25) is 0 Å². The van der Waals surface area contributed by atoms with Gasteiger partial charge in [0, 0.05) is 12.8 Å². The van der Waals surface area contributed by atoms with Gasteiger partial charge in [-0.1, -0.05) is 138 Å². The van der Waals surface area contributed by atoms with Gasteiger partial charge in [0.15, 0.2) is 0 Å². The predicted octanol–water partition coefficient (Wildman–Crippen LogP) is 12.1. The van der Waals surface area contributed by atoms with Gasteiger partial charge in [-0.25, -0.2) is 0 Å². The molecule has 0 saturated carbocycles. The van der Waals surface area contributed by atoms with E-state index in [1.54, 1.807) is 0 Å². The average Bonchev–Trinajstić information content (AvgIpc) is 3.01. The van der Waals surface area contributed by atoms with Crippen molar-refractivity contribution in [3.8, 4) is 0 Å². The van der Waals surface area contributed by atoms with Crippen molar-refractivity contribution in [1.82, 2.24) is 0 Å². The summed E-state index contributed by atoms with van der Waals surface area (Å²) >= 11 is 0. The lowest BCUT2D eigenvalue weighted by molar-refractivity contribution is -0.147. The normalized spacial score (nSPS) is 13.3. The fourth-order valence-corrected chi connectivity index (χ4v) is 4.53. The van der Waals surface area contributed by atoms with Crippen LogP contribution in [0.5, 0.6) is 0 Å². The number of hydrogen-bond acceptors (Lipinski definition) is 3. The number of esters is 1. The number of ether oxygens (including phenoxy) is 1. The quantitative estimate of drug-likeness (QED) is 0.0500. The lowest BCUT2D eigenvalue weighted by Crippen LogP contribution is -2.16. The van der Waals surface area contributed by atoms with E-state index in [1.165, 1.54) is 38.5 Å². The molecule has 0 aliphatic rings. The molecule has 0 fully saturated rings. The summed E-state index contributed by atoms with van der Waals surface area (Å²) in [6.07, 6.45) is 50.4. The largest absolute Gasteiger partial charge is 0.481 e. The van der Waals surface area contributed by atoms with Crippen LogP contribution in [0.1, 0.15) is 149 Å². The van der Waals surface area contributed by atoms with E-state index in [9.17, 15) is 9.59 Å². The molecule has 0 amide bonds. The molecule has 44 heavy (non-hydrogen) atoms. The molecule has 1 N–H and O–H groups in total. The smallest absolute Gasteiger partial charge is 0.306 e. The Bertz CT molecular complexity index is 872. The summed E-state index contributed by atoms with van der Waals surface area (Å²) in [7, 11) is 0. The maximum atomic E-state index is 12.5. The van der Waals surface area contributed by atoms with Crippen LogP contribution in [0.15, 0.2) is 85.1 Å². The van der Waals surface area contributed by atoms with E-state index in [0.717, 1.165) is 70.6 Å². The zero-order valence-electron chi connectivity index (χ0n) is 28.2. The van der Waals surface area contributed by atoms with Crippen molar-refractivity contribution in [2.75, 3.05) is 0 Å². The number of carboxylic acid groups (broad SMARTS) is 1. The molecule has 1 unspecified atom stereocenters. The molecule has 0 rings (SSSR count). The van der Waals surface area contributed by atoms with Gasteiger partial charge in [-0.15, -0.1) is 0 Å². The molecule has 0 aromatic heterocycles. The number of aliphatic carboxylic acids is 1. The molecule has 0 radical (unpaired) electrons. The summed E-state index contributed by atoms with van der Waals surface area (Å²) in [6.45, 7) is 4.39. The van der Waals surface area contributed by atoms with E-state index in [2.05, 4.69) is 98.9 Å². The number of hydrogen-bond donors (Lipinski definition) is 1. The Kier molecular flexibility index (Phi) is 32.3. The molecule has 0 aromatic carbocycles. The summed E-state index contributed by atoms with van der Waals surface area (Å²) in [5.74, 6) is -0.883. The molecule has 0 aliphatic carbocycles. The van der Waals surface area contributed by atoms with E-state index in [4.69, 9.17) is 9.84 Å². The first-order valence-electron chi connectivity index (χ1n) is 17.6. The molecule has 0 saturated heterocycles. The molecule has 0 aromatic rings. The van der Waals surface area contributed by atoms with E-state index < -0.39 is 5.97 Å². The predicted molar refractivity (Wildman–Crippen MR) is 190 cm³/mol. The van der Waals surface area contributed by atoms with Crippen LogP contribution in [-0.4, -0.2) is 23.1 Å². The second-order valence-electron chi connectivity index (χ2n) is 11.3. The van der Waals surface area contributed by atoms with Crippen LogP contribution in [0.25, 0.3) is 0 Å². The highest BCUT2D eigenvalue weighted by molar-refractivity contribution is 5.69. The van der Waals surface area contributed by atoms with Crippen LogP contribution in [0.3, 0.4) is 0 Å². The molecule has 4 nitrogen and oxygen atoms in total. The van der Waals surface area contributed by atoms with Crippen molar-refractivity contribution in [1.29, 1.82) is 0 Å². The summed E-state index contributed by atoms with van der Waals surface area (Å²) in [5, 5.41) is 8.80. The van der Waals surface area contributed by atoms with Crippen molar-refractivity contribution in [3.63, 3.8) is 0 Å². The van der Waals surface area contributed by atoms with Crippen LogP contribution >= 0.6 is 0 Å². The fraction of sp³-hybridized carbons (Fsp3) is 0.600. The van der Waals surface area contributed by atoms with Gasteiger partial charge in [-0.3, -0.25) is 9.59 Å². The van der Waals surface area contributed by atoms with Gasteiger partial charge in [0.2, 0.25) is 0 Å². The molecule has 248 valence electrons. The third-order valence-electron chi connectivity index (χ3n) is 7.10. The lowest BCUT2D eigenvalue weighted by atomic mass is 10.1. The molecular formula is C40H64O4. The minimum atomic E-state index is -0.735. The van der Waals surface area contributed by atoms with Gasteiger partial charge in [-0.2, -0.15) is 0 Å². The first kappa shape index (κ1) is 41.1. The number of allylic oxidation sites excluding steroid dienone is 13. The Morgan fingerprint density at radius 1 is 0.545 bits per heavy atom. The molecular weight excluding hydrogens is 544 g/mol. The number of rotatable bonds is 30. The van der Waals surface area contributed by atoms with Crippen LogP contribution in [0.4, 0.5) is 0 Å². The highest BCUT2D eigenvalue weighted by atomic mass is 16.5. The van der Waals surface area contributed by atoms with Crippen molar-refractivity contribution in [3.05, 3.63) is 85.1 Å². The summed E-state index contributed by atoms with van der Waals surface area (Å²) in [6, 6.07) is 0. The summed E-state index contributed by atoms with van der Waals surface area (Å²) in [5.41, 5.74) is 0. The van der Waals surface area contributed by atoms with Crippen molar-refractivity contribution >= 4 is 11.9 Å². The van der Waals surface area contributed by atoms with Crippen LogP contribution in [-0.2, 0) is 14.3 Å². The molecule has 0 aliphatic heterocycles. The third-order valence-corrected chi connectivity index (χ3v) is 7.10. The van der Waals surface area contributed by atoms with E-state index >= 15 is 0 Å². The van der Waals surface area contributed by atoms with Gasteiger partial charge in [-0.05, 0) is 83.1 Å². The van der Waals surface area contributed by atoms with E-state index in [1.807, 2.05) is 0 Å². The van der Waals surface area contributed by atoms with Crippen molar-refractivity contribution in [2.24, 2.45) is 0 Å². The minimum Gasteiger partial charge on any atom is -0.481 e. The third kappa shape index (κ3) is 33.6. The topological polar surface area (TPSA) is 63.6 Å². The van der Waals surface area contributed by atoms with Gasteiger partial charge in [0.1, 0.15) is 6.10 Å². The summed E-state index contributed by atoms with van der Waals surface area (Å²) in [4.78, 5) is 23.2. The molecule has 1 atom stereocenters. The zero-order valence-corrected chi connectivity index (χ0v) is 28.2. The summed E-state index contributed by atoms with van der Waals surface area (Å²) < 4.78 is 5.81. The number of carbonyl (C=O) groups is 2. The second kappa shape index (κ2) is 34.6. The minimum absolute atomic E-state index is 0.148. The Hall–Kier alpha value is -2.88. The maximum absolute atomic E-state index is 12.5. The first-order valence-corrected chi connectivity index (χ1v) is 17.6. The Morgan fingerprint density at radius 3 is 1.61 bits per heavy atom.